The Morgan fingerprint density at radius 3 is 3.00 bits per heavy atom. The zero-order valence-electron chi connectivity index (χ0n) is 8.43. The number of nitrogens with zero attached hydrogens (tertiary/aromatic N) is 1. The van der Waals surface area contributed by atoms with E-state index in [9.17, 15) is 0 Å². The number of hydrogen-bond acceptors (Lipinski definition) is 4. The molecule has 4 heteroatoms. The van der Waals surface area contributed by atoms with Gasteiger partial charge in [0.1, 0.15) is 12.4 Å². The normalized spacial score (nSPS) is 10.2. The van der Waals surface area contributed by atoms with E-state index in [-0.39, 0.29) is 0 Å². The number of nitrogen functional groups attached to an aromatic ring is 1. The number of aryl methyl sites for hydroxylation is 1. The zero-order valence-corrected chi connectivity index (χ0v) is 9.25. The van der Waals surface area contributed by atoms with Gasteiger partial charge in [0, 0.05) is 11.9 Å². The Morgan fingerprint density at radius 1 is 1.47 bits per heavy atom. The predicted octanol–water partition coefficient (Wildman–Crippen LogP) is 2.61. The van der Waals surface area contributed by atoms with E-state index in [0.717, 1.165) is 21.9 Å². The summed E-state index contributed by atoms with van der Waals surface area (Å²) in [4.78, 5) is 5.10. The first-order valence-corrected chi connectivity index (χ1v) is 5.50. The summed E-state index contributed by atoms with van der Waals surface area (Å²) >= 11 is 1.59. The van der Waals surface area contributed by atoms with Crippen LogP contribution in [0.1, 0.15) is 10.4 Å². The molecular weight excluding hydrogens is 208 g/mol. The summed E-state index contributed by atoms with van der Waals surface area (Å²) in [6.45, 7) is 2.53. The van der Waals surface area contributed by atoms with E-state index in [2.05, 4.69) is 4.98 Å². The minimum atomic E-state index is 0.564. The molecule has 0 bridgehead atoms. The summed E-state index contributed by atoms with van der Waals surface area (Å²) in [5.74, 6) is 0.843. The zero-order chi connectivity index (χ0) is 10.7. The van der Waals surface area contributed by atoms with E-state index < -0.39 is 0 Å². The molecule has 0 aliphatic carbocycles. The molecule has 3 nitrogen and oxygen atoms in total. The van der Waals surface area contributed by atoms with Crippen molar-refractivity contribution in [1.82, 2.24) is 4.98 Å². The van der Waals surface area contributed by atoms with Gasteiger partial charge in [0.05, 0.1) is 10.4 Å². The van der Waals surface area contributed by atoms with E-state index in [1.165, 1.54) is 0 Å². The van der Waals surface area contributed by atoms with Gasteiger partial charge in [-0.1, -0.05) is 0 Å². The van der Waals surface area contributed by atoms with Crippen LogP contribution in [0, 0.1) is 6.92 Å². The third-order valence-electron chi connectivity index (χ3n) is 2.11. The lowest BCUT2D eigenvalue weighted by Gasteiger charge is -2.06. The van der Waals surface area contributed by atoms with Crippen molar-refractivity contribution in [2.75, 3.05) is 5.73 Å². The summed E-state index contributed by atoms with van der Waals surface area (Å²) in [7, 11) is 0. The summed E-state index contributed by atoms with van der Waals surface area (Å²) in [6.07, 6.45) is 1.81. The number of aromatic nitrogens is 1. The molecule has 2 N–H and O–H groups in total. The summed E-state index contributed by atoms with van der Waals surface area (Å²) in [5.41, 5.74) is 9.34. The van der Waals surface area contributed by atoms with Crippen molar-refractivity contribution in [3.63, 3.8) is 0 Å². The van der Waals surface area contributed by atoms with Gasteiger partial charge in [0.25, 0.3) is 0 Å². The minimum Gasteiger partial charge on any atom is -0.488 e. The number of nitrogens with two attached hydrogens (primary N) is 1. The smallest absolute Gasteiger partial charge is 0.124 e. The molecule has 0 saturated carbocycles. The SMILES string of the molecule is Cc1cc(OCc2cncs2)ccc1N. The Morgan fingerprint density at radius 2 is 2.33 bits per heavy atom. The molecule has 0 atom stereocenters. The Balaban J connectivity index is 2.02. The van der Waals surface area contributed by atoms with Crippen molar-refractivity contribution in [3.05, 3.63) is 40.3 Å². The van der Waals surface area contributed by atoms with Crippen LogP contribution >= 0.6 is 11.3 Å². The molecule has 0 aliphatic heterocycles. The van der Waals surface area contributed by atoms with Crippen LogP contribution in [-0.2, 0) is 6.61 Å². The van der Waals surface area contributed by atoms with Gasteiger partial charge in [0.2, 0.25) is 0 Å². The van der Waals surface area contributed by atoms with E-state index in [0.29, 0.717) is 6.61 Å². The second-order valence-electron chi connectivity index (χ2n) is 3.27. The quantitative estimate of drug-likeness (QED) is 0.809. The fourth-order valence-corrected chi connectivity index (χ4v) is 1.71. The fourth-order valence-electron chi connectivity index (χ4n) is 1.21. The van der Waals surface area contributed by atoms with Crippen LogP contribution in [-0.4, -0.2) is 4.98 Å². The van der Waals surface area contributed by atoms with Gasteiger partial charge >= 0.3 is 0 Å². The highest BCUT2D eigenvalue weighted by Crippen LogP contribution is 2.20. The number of ether oxygens (including phenoxy) is 1. The van der Waals surface area contributed by atoms with Crippen LogP contribution in [0.5, 0.6) is 5.75 Å². The number of thiazole rings is 1. The molecular formula is C11H12N2OS. The van der Waals surface area contributed by atoms with Crippen LogP contribution < -0.4 is 10.5 Å². The van der Waals surface area contributed by atoms with Gasteiger partial charge in [-0.3, -0.25) is 4.98 Å². The molecule has 0 aliphatic rings. The number of hydrogen-bond donors (Lipinski definition) is 1. The molecule has 0 fully saturated rings. The molecule has 1 aromatic carbocycles. The van der Waals surface area contributed by atoms with Gasteiger partial charge in [-0.15, -0.1) is 11.3 Å². The van der Waals surface area contributed by atoms with Gasteiger partial charge in [-0.2, -0.15) is 0 Å². The molecule has 0 unspecified atom stereocenters. The molecule has 78 valence electrons. The molecule has 2 aromatic rings. The monoisotopic (exact) mass is 220 g/mol. The van der Waals surface area contributed by atoms with Crippen molar-refractivity contribution >= 4 is 17.0 Å². The fraction of sp³-hybridized carbons (Fsp3) is 0.182. The summed E-state index contributed by atoms with van der Waals surface area (Å²) in [5, 5.41) is 0. The first kappa shape index (κ1) is 9.98. The van der Waals surface area contributed by atoms with Crippen molar-refractivity contribution in [2.45, 2.75) is 13.5 Å². The highest BCUT2D eigenvalue weighted by Gasteiger charge is 1.99. The molecule has 2 rings (SSSR count). The molecule has 0 amide bonds. The standard InChI is InChI=1S/C11H12N2OS/c1-8-4-9(2-3-11(8)12)14-6-10-5-13-7-15-10/h2-5,7H,6,12H2,1H3. The Kier molecular flexibility index (Phi) is 2.87. The van der Waals surface area contributed by atoms with Gasteiger partial charge in [-0.05, 0) is 30.7 Å². The maximum absolute atomic E-state index is 5.72. The Labute approximate surface area is 92.5 Å². The maximum Gasteiger partial charge on any atom is 0.124 e. The van der Waals surface area contributed by atoms with Crippen LogP contribution in [0.3, 0.4) is 0 Å². The maximum atomic E-state index is 5.72. The highest BCUT2D eigenvalue weighted by molar-refractivity contribution is 7.09. The van der Waals surface area contributed by atoms with Crippen LogP contribution in [0.15, 0.2) is 29.9 Å². The molecule has 0 saturated heterocycles. The molecule has 1 aromatic heterocycles. The lowest BCUT2D eigenvalue weighted by atomic mass is 10.2. The van der Waals surface area contributed by atoms with E-state index in [4.69, 9.17) is 10.5 Å². The third kappa shape index (κ3) is 2.47. The van der Waals surface area contributed by atoms with E-state index >= 15 is 0 Å². The van der Waals surface area contributed by atoms with Gasteiger partial charge in [-0.25, -0.2) is 0 Å². The lowest BCUT2D eigenvalue weighted by Crippen LogP contribution is -1.95. The topological polar surface area (TPSA) is 48.1 Å². The minimum absolute atomic E-state index is 0.564. The van der Waals surface area contributed by atoms with E-state index in [1.54, 1.807) is 16.8 Å². The molecule has 15 heavy (non-hydrogen) atoms. The Bertz CT molecular complexity index is 440. The van der Waals surface area contributed by atoms with Crippen molar-refractivity contribution < 1.29 is 4.74 Å². The van der Waals surface area contributed by atoms with Crippen molar-refractivity contribution in [3.8, 4) is 5.75 Å². The van der Waals surface area contributed by atoms with Crippen LogP contribution in [0.4, 0.5) is 5.69 Å². The largest absolute Gasteiger partial charge is 0.488 e. The van der Waals surface area contributed by atoms with Crippen LogP contribution in [0.25, 0.3) is 0 Å². The highest BCUT2D eigenvalue weighted by atomic mass is 32.1. The summed E-state index contributed by atoms with van der Waals surface area (Å²) < 4.78 is 5.60. The van der Waals surface area contributed by atoms with E-state index in [1.807, 2.05) is 31.3 Å². The molecule has 0 spiro atoms. The summed E-state index contributed by atoms with van der Waals surface area (Å²) in [6, 6.07) is 5.68. The number of anilines is 1. The first-order chi connectivity index (χ1) is 7.25. The molecule has 0 radical (unpaired) electrons. The van der Waals surface area contributed by atoms with Gasteiger partial charge < -0.3 is 10.5 Å². The molecule has 1 heterocycles. The predicted molar refractivity (Wildman–Crippen MR) is 62.0 cm³/mol. The first-order valence-electron chi connectivity index (χ1n) is 4.62. The number of benzene rings is 1. The van der Waals surface area contributed by atoms with Crippen LogP contribution in [0.2, 0.25) is 0 Å². The average Bonchev–Trinajstić information content (AvgIpc) is 2.73. The number of rotatable bonds is 3. The second kappa shape index (κ2) is 4.31. The second-order valence-corrected chi connectivity index (χ2v) is 4.25. The lowest BCUT2D eigenvalue weighted by molar-refractivity contribution is 0.309. The third-order valence-corrected chi connectivity index (χ3v) is 2.86. The average molecular weight is 220 g/mol. The van der Waals surface area contributed by atoms with Crippen molar-refractivity contribution in [2.24, 2.45) is 0 Å². The van der Waals surface area contributed by atoms with Crippen molar-refractivity contribution in [1.29, 1.82) is 0 Å². The Hall–Kier alpha value is -1.55. The van der Waals surface area contributed by atoms with Gasteiger partial charge in [0.15, 0.2) is 0 Å².